The third kappa shape index (κ3) is 2.64. The summed E-state index contributed by atoms with van der Waals surface area (Å²) in [5.41, 5.74) is 2.68. The van der Waals surface area contributed by atoms with Gasteiger partial charge in [0, 0.05) is 5.56 Å². The second-order valence-corrected chi connectivity index (χ2v) is 4.36. The molecule has 0 saturated carbocycles. The molecule has 17 heavy (non-hydrogen) atoms. The van der Waals surface area contributed by atoms with Crippen LogP contribution in [-0.2, 0) is 0 Å². The smallest absolute Gasteiger partial charge is 0.404 e. The Morgan fingerprint density at radius 3 is 2.76 bits per heavy atom. The number of alkyl halides is 3. The van der Waals surface area contributed by atoms with Crippen molar-refractivity contribution in [3.8, 4) is 0 Å². The van der Waals surface area contributed by atoms with Crippen LogP contribution in [0.2, 0.25) is 0 Å². The van der Waals surface area contributed by atoms with Crippen molar-refractivity contribution in [1.29, 1.82) is 0 Å². The van der Waals surface area contributed by atoms with Gasteiger partial charge in [-0.3, -0.25) is 0 Å². The Labute approximate surface area is 98.5 Å². The molecule has 4 nitrogen and oxygen atoms in total. The summed E-state index contributed by atoms with van der Waals surface area (Å²) in [5.74, 6) is -1.41. The molecule has 1 aliphatic rings. The highest BCUT2D eigenvalue weighted by molar-refractivity contribution is 7.97. The Morgan fingerprint density at radius 2 is 2.18 bits per heavy atom. The van der Waals surface area contributed by atoms with E-state index in [1.54, 1.807) is 0 Å². The number of carbonyl (C=O) groups excluding carboxylic acids is 1. The predicted molar refractivity (Wildman–Crippen MR) is 53.0 cm³/mol. The van der Waals surface area contributed by atoms with E-state index in [1.165, 1.54) is 18.2 Å². The number of aromatic carboxylic acids is 1. The molecule has 1 aromatic rings. The molecule has 0 amide bonds. The van der Waals surface area contributed by atoms with Crippen molar-refractivity contribution in [2.75, 3.05) is 12.0 Å². The summed E-state index contributed by atoms with van der Waals surface area (Å²) in [7, 11) is 0. The van der Waals surface area contributed by atoms with Gasteiger partial charge in [0.05, 0.1) is 16.6 Å². The molecule has 1 aromatic carbocycles. The zero-order chi connectivity index (χ0) is 12.6. The Morgan fingerprint density at radius 1 is 1.47 bits per heavy atom. The number of nitrogens with one attached hydrogen (secondary N) is 1. The SMILES string of the molecule is O=C([O-])c1cccc2c1SN(CC(F)(F)F)N2. The second kappa shape index (κ2) is 4.11. The van der Waals surface area contributed by atoms with Crippen LogP contribution in [0.5, 0.6) is 0 Å². The molecule has 92 valence electrons. The van der Waals surface area contributed by atoms with E-state index >= 15 is 0 Å². The van der Waals surface area contributed by atoms with Gasteiger partial charge in [-0.25, -0.2) is 0 Å². The Hall–Kier alpha value is -1.41. The summed E-state index contributed by atoms with van der Waals surface area (Å²) in [5, 5.41) is 10.8. The second-order valence-electron chi connectivity index (χ2n) is 3.32. The molecule has 1 aliphatic heterocycles. The molecule has 2 rings (SSSR count). The van der Waals surface area contributed by atoms with Gasteiger partial charge in [0.25, 0.3) is 0 Å². The highest BCUT2D eigenvalue weighted by atomic mass is 32.2. The summed E-state index contributed by atoms with van der Waals surface area (Å²) >= 11 is 0.699. The van der Waals surface area contributed by atoms with E-state index in [0.717, 1.165) is 4.41 Å². The fourth-order valence-corrected chi connectivity index (χ4v) is 2.42. The molecule has 1 N–H and O–H groups in total. The molecule has 0 radical (unpaired) electrons. The van der Waals surface area contributed by atoms with Crippen LogP contribution in [0.25, 0.3) is 0 Å². The molecule has 0 aliphatic carbocycles. The molecule has 0 bridgehead atoms. The number of fused-ring (bicyclic) bond motifs is 1. The van der Waals surface area contributed by atoms with Gasteiger partial charge in [-0.05, 0) is 18.0 Å². The summed E-state index contributed by atoms with van der Waals surface area (Å²) in [6, 6.07) is 4.24. The highest BCUT2D eigenvalue weighted by Crippen LogP contribution is 2.40. The van der Waals surface area contributed by atoms with Crippen molar-refractivity contribution < 1.29 is 23.1 Å². The lowest BCUT2D eigenvalue weighted by molar-refractivity contribution is -0.255. The first-order chi connectivity index (χ1) is 7.87. The van der Waals surface area contributed by atoms with Gasteiger partial charge in [0.1, 0.15) is 6.54 Å². The molecular weight excluding hydrogens is 257 g/mol. The number of benzene rings is 1. The number of halogens is 3. The van der Waals surface area contributed by atoms with Gasteiger partial charge in [0.15, 0.2) is 0 Å². The lowest BCUT2D eigenvalue weighted by Crippen LogP contribution is -2.30. The summed E-state index contributed by atoms with van der Waals surface area (Å²) in [6.45, 7) is -1.18. The zero-order valence-corrected chi connectivity index (χ0v) is 9.06. The van der Waals surface area contributed by atoms with Crippen molar-refractivity contribution in [2.24, 2.45) is 0 Å². The minimum atomic E-state index is -4.36. The lowest BCUT2D eigenvalue weighted by atomic mass is 10.2. The first kappa shape index (κ1) is 12.1. The van der Waals surface area contributed by atoms with Crippen LogP contribution in [0, 0.1) is 0 Å². The molecule has 0 unspecified atom stereocenters. The number of carboxylic acid groups (broad SMARTS) is 1. The van der Waals surface area contributed by atoms with Crippen LogP contribution in [0.4, 0.5) is 18.9 Å². The number of carboxylic acids is 1. The summed E-state index contributed by atoms with van der Waals surface area (Å²) in [6.07, 6.45) is -4.36. The van der Waals surface area contributed by atoms with Crippen LogP contribution < -0.4 is 10.5 Å². The monoisotopic (exact) mass is 263 g/mol. The van der Waals surface area contributed by atoms with Crippen molar-refractivity contribution in [1.82, 2.24) is 4.41 Å². The molecule has 0 spiro atoms. The Bertz CT molecular complexity index is 464. The maximum atomic E-state index is 12.2. The van der Waals surface area contributed by atoms with Gasteiger partial charge < -0.3 is 15.3 Å². The molecular formula is C9H6F3N2O2S-. The van der Waals surface area contributed by atoms with Crippen LogP contribution in [0.15, 0.2) is 23.1 Å². The van der Waals surface area contributed by atoms with Gasteiger partial charge >= 0.3 is 6.18 Å². The molecule has 1 heterocycles. The first-order valence-electron chi connectivity index (χ1n) is 4.50. The molecule has 0 atom stereocenters. The Balaban J connectivity index is 2.22. The van der Waals surface area contributed by atoms with E-state index in [4.69, 9.17) is 0 Å². The van der Waals surface area contributed by atoms with E-state index in [9.17, 15) is 23.1 Å². The fraction of sp³-hybridized carbons (Fsp3) is 0.222. The van der Waals surface area contributed by atoms with Crippen molar-refractivity contribution in [3.63, 3.8) is 0 Å². The van der Waals surface area contributed by atoms with Crippen molar-refractivity contribution in [3.05, 3.63) is 23.8 Å². The minimum Gasteiger partial charge on any atom is -0.545 e. The molecule has 0 fully saturated rings. The van der Waals surface area contributed by atoms with Crippen LogP contribution >= 0.6 is 11.9 Å². The zero-order valence-electron chi connectivity index (χ0n) is 8.25. The molecule has 8 heteroatoms. The van der Waals surface area contributed by atoms with Gasteiger partial charge in [-0.15, -0.1) is 0 Å². The molecule has 0 saturated heterocycles. The topological polar surface area (TPSA) is 55.4 Å². The van der Waals surface area contributed by atoms with Crippen molar-refractivity contribution >= 4 is 23.6 Å². The number of hydrazine groups is 1. The third-order valence-corrected chi connectivity index (χ3v) is 3.07. The van der Waals surface area contributed by atoms with Gasteiger partial charge in [-0.1, -0.05) is 12.1 Å². The van der Waals surface area contributed by atoms with Crippen molar-refractivity contribution in [2.45, 2.75) is 11.1 Å². The van der Waals surface area contributed by atoms with Gasteiger partial charge in [0.2, 0.25) is 0 Å². The number of hydrogen-bond donors (Lipinski definition) is 1. The van der Waals surface area contributed by atoms with Crippen LogP contribution in [-0.4, -0.2) is 23.1 Å². The highest BCUT2D eigenvalue weighted by Gasteiger charge is 2.34. The largest absolute Gasteiger partial charge is 0.545 e. The van der Waals surface area contributed by atoms with E-state index < -0.39 is 18.7 Å². The van der Waals surface area contributed by atoms with E-state index in [0.29, 0.717) is 17.6 Å². The van der Waals surface area contributed by atoms with E-state index in [2.05, 4.69) is 5.43 Å². The normalized spacial score (nSPS) is 15.5. The number of hydrogen-bond acceptors (Lipinski definition) is 5. The van der Waals surface area contributed by atoms with Gasteiger partial charge in [-0.2, -0.15) is 17.6 Å². The summed E-state index contributed by atoms with van der Waals surface area (Å²) in [4.78, 5) is 11.0. The first-order valence-corrected chi connectivity index (χ1v) is 5.27. The predicted octanol–water partition coefficient (Wildman–Crippen LogP) is 1.26. The van der Waals surface area contributed by atoms with Crippen LogP contribution in [0.1, 0.15) is 10.4 Å². The average Bonchev–Trinajstić information content (AvgIpc) is 2.55. The minimum absolute atomic E-state index is 0.121. The fourth-order valence-electron chi connectivity index (χ4n) is 1.39. The quantitative estimate of drug-likeness (QED) is 0.814. The number of anilines is 1. The summed E-state index contributed by atoms with van der Waals surface area (Å²) < 4.78 is 37.3. The average molecular weight is 263 g/mol. The van der Waals surface area contributed by atoms with E-state index in [1.807, 2.05) is 0 Å². The Kier molecular flexibility index (Phi) is 2.92. The van der Waals surface area contributed by atoms with Crippen LogP contribution in [0.3, 0.4) is 0 Å². The maximum absolute atomic E-state index is 12.2. The lowest BCUT2D eigenvalue weighted by Gasteiger charge is -2.16. The third-order valence-electron chi connectivity index (χ3n) is 2.00. The maximum Gasteiger partial charge on any atom is 0.404 e. The number of rotatable bonds is 2. The standard InChI is InChI=1S/C9H7F3N2O2S/c10-9(11,12)4-14-13-6-3-1-2-5(8(15)16)7(6)17-14/h1-3,13H,4H2,(H,15,16)/p-1. The molecule has 0 aromatic heterocycles. The van der Waals surface area contributed by atoms with E-state index in [-0.39, 0.29) is 10.5 Å². The number of nitrogens with zero attached hydrogens (tertiary/aromatic N) is 1. The number of carbonyl (C=O) groups is 1.